The summed E-state index contributed by atoms with van der Waals surface area (Å²) in [6.07, 6.45) is 4.05. The predicted molar refractivity (Wildman–Crippen MR) is 120 cm³/mol. The molecule has 160 valence electrons. The molecule has 0 amide bonds. The standard InChI is InChI=1S/C22H22N4O3S2/c1-27-17-8-6-15(7-9-17)20-24-25-22(26(20)12-18-4-2-10-28-18)31-14-16-13-29-21(23-16)19-5-3-11-30-19/h3,5-9,11,13,18H,2,4,10,12,14H2,1H3. The first-order chi connectivity index (χ1) is 15.3. The van der Waals surface area contributed by atoms with Gasteiger partial charge in [0.1, 0.15) is 12.0 Å². The van der Waals surface area contributed by atoms with Crippen molar-refractivity contribution in [3.63, 3.8) is 0 Å². The topological polar surface area (TPSA) is 75.2 Å². The molecule has 4 aromatic rings. The molecule has 0 aliphatic carbocycles. The fraction of sp³-hybridized carbons (Fsp3) is 0.318. The van der Waals surface area contributed by atoms with Crippen molar-refractivity contribution in [3.05, 3.63) is 53.7 Å². The molecule has 0 bridgehead atoms. The molecule has 9 heteroatoms. The molecule has 1 atom stereocenters. The Labute approximate surface area is 188 Å². The van der Waals surface area contributed by atoms with Gasteiger partial charge in [-0.3, -0.25) is 4.57 Å². The van der Waals surface area contributed by atoms with Crippen molar-refractivity contribution in [2.45, 2.75) is 36.4 Å². The van der Waals surface area contributed by atoms with Gasteiger partial charge in [-0.1, -0.05) is 17.8 Å². The van der Waals surface area contributed by atoms with Crippen LogP contribution in [-0.4, -0.2) is 39.6 Å². The Balaban J connectivity index is 1.37. The summed E-state index contributed by atoms with van der Waals surface area (Å²) in [7, 11) is 1.66. The van der Waals surface area contributed by atoms with Gasteiger partial charge in [0.05, 0.1) is 30.3 Å². The third kappa shape index (κ3) is 4.53. The second-order valence-electron chi connectivity index (χ2n) is 7.19. The van der Waals surface area contributed by atoms with Crippen molar-refractivity contribution in [3.8, 4) is 27.9 Å². The molecule has 0 radical (unpaired) electrons. The van der Waals surface area contributed by atoms with E-state index in [0.717, 1.165) is 58.9 Å². The lowest BCUT2D eigenvalue weighted by atomic mass is 10.2. The molecule has 1 unspecified atom stereocenters. The Morgan fingerprint density at radius 3 is 2.87 bits per heavy atom. The Kier molecular flexibility index (Phi) is 6.06. The Hall–Kier alpha value is -2.62. The molecule has 3 aromatic heterocycles. The summed E-state index contributed by atoms with van der Waals surface area (Å²) in [5.74, 6) is 2.96. The maximum Gasteiger partial charge on any atom is 0.236 e. The number of benzene rings is 1. The number of thiophene rings is 1. The molecule has 0 N–H and O–H groups in total. The molecule has 1 aliphatic rings. The number of ether oxygens (including phenoxy) is 2. The van der Waals surface area contributed by atoms with E-state index in [4.69, 9.17) is 13.9 Å². The molecule has 0 spiro atoms. The van der Waals surface area contributed by atoms with Crippen molar-refractivity contribution >= 4 is 23.1 Å². The van der Waals surface area contributed by atoms with Crippen LogP contribution in [-0.2, 0) is 17.0 Å². The summed E-state index contributed by atoms with van der Waals surface area (Å²) >= 11 is 3.22. The lowest BCUT2D eigenvalue weighted by molar-refractivity contribution is 0.0953. The fourth-order valence-corrected chi connectivity index (χ4v) is 5.01. The van der Waals surface area contributed by atoms with Gasteiger partial charge in [0.15, 0.2) is 11.0 Å². The van der Waals surface area contributed by atoms with Gasteiger partial charge in [0, 0.05) is 17.9 Å². The summed E-state index contributed by atoms with van der Waals surface area (Å²) in [6.45, 7) is 1.55. The molecule has 31 heavy (non-hydrogen) atoms. The van der Waals surface area contributed by atoms with E-state index in [-0.39, 0.29) is 6.10 Å². The summed E-state index contributed by atoms with van der Waals surface area (Å²) in [6, 6.07) is 11.9. The summed E-state index contributed by atoms with van der Waals surface area (Å²) in [4.78, 5) is 5.64. The predicted octanol–water partition coefficient (Wildman–Crippen LogP) is 5.14. The van der Waals surface area contributed by atoms with Crippen molar-refractivity contribution in [1.82, 2.24) is 19.7 Å². The van der Waals surface area contributed by atoms with E-state index in [0.29, 0.717) is 11.6 Å². The number of hydrogen-bond acceptors (Lipinski definition) is 8. The fourth-order valence-electron chi connectivity index (χ4n) is 3.53. The second kappa shape index (κ2) is 9.25. The molecule has 4 heterocycles. The van der Waals surface area contributed by atoms with Crippen LogP contribution >= 0.6 is 23.1 Å². The van der Waals surface area contributed by atoms with Gasteiger partial charge in [-0.15, -0.1) is 21.5 Å². The van der Waals surface area contributed by atoms with Crippen molar-refractivity contribution in [1.29, 1.82) is 0 Å². The number of methoxy groups -OCH3 is 1. The number of thioether (sulfide) groups is 1. The van der Waals surface area contributed by atoms with Crippen LogP contribution < -0.4 is 4.74 Å². The Bertz CT molecular complexity index is 1120. The molecular formula is C22H22N4O3S2. The van der Waals surface area contributed by atoms with Gasteiger partial charge in [-0.05, 0) is 48.6 Å². The zero-order chi connectivity index (χ0) is 21.0. The van der Waals surface area contributed by atoms with Crippen molar-refractivity contribution in [2.24, 2.45) is 0 Å². The molecule has 1 aliphatic heterocycles. The minimum Gasteiger partial charge on any atom is -0.497 e. The maximum absolute atomic E-state index is 5.88. The quantitative estimate of drug-likeness (QED) is 0.341. The van der Waals surface area contributed by atoms with Crippen LogP contribution in [0.25, 0.3) is 22.2 Å². The van der Waals surface area contributed by atoms with Gasteiger partial charge in [0.2, 0.25) is 5.89 Å². The molecule has 1 aromatic carbocycles. The highest BCUT2D eigenvalue weighted by Crippen LogP contribution is 2.30. The highest BCUT2D eigenvalue weighted by molar-refractivity contribution is 7.98. The second-order valence-corrected chi connectivity index (χ2v) is 9.08. The number of rotatable bonds is 8. The third-order valence-corrected chi connectivity index (χ3v) is 6.97. The van der Waals surface area contributed by atoms with E-state index in [9.17, 15) is 0 Å². The first kappa shape index (κ1) is 20.3. The molecule has 1 fully saturated rings. The zero-order valence-corrected chi connectivity index (χ0v) is 18.7. The largest absolute Gasteiger partial charge is 0.497 e. The number of oxazole rings is 1. The average molecular weight is 455 g/mol. The molecule has 1 saturated heterocycles. The lowest BCUT2D eigenvalue weighted by Crippen LogP contribution is -2.16. The van der Waals surface area contributed by atoms with Crippen molar-refractivity contribution in [2.75, 3.05) is 13.7 Å². The van der Waals surface area contributed by atoms with E-state index in [2.05, 4.69) is 19.7 Å². The number of hydrogen-bond donors (Lipinski definition) is 0. The summed E-state index contributed by atoms with van der Waals surface area (Å²) < 4.78 is 19.0. The van der Waals surface area contributed by atoms with Gasteiger partial charge < -0.3 is 13.9 Å². The van der Waals surface area contributed by atoms with Crippen LogP contribution in [0.4, 0.5) is 0 Å². The van der Waals surface area contributed by atoms with Crippen LogP contribution in [0.15, 0.2) is 57.6 Å². The van der Waals surface area contributed by atoms with E-state index < -0.39 is 0 Å². The van der Waals surface area contributed by atoms with E-state index in [1.54, 1.807) is 36.5 Å². The van der Waals surface area contributed by atoms with Crippen LogP contribution in [0.3, 0.4) is 0 Å². The minimum atomic E-state index is 0.185. The third-order valence-electron chi connectivity index (χ3n) is 5.11. The maximum atomic E-state index is 5.88. The first-order valence-electron chi connectivity index (χ1n) is 10.1. The zero-order valence-electron chi connectivity index (χ0n) is 17.1. The van der Waals surface area contributed by atoms with Crippen LogP contribution in [0.2, 0.25) is 0 Å². The SMILES string of the molecule is COc1ccc(-c2nnc(SCc3coc(-c4cccs4)n3)n2CC2CCCO2)cc1. The van der Waals surface area contributed by atoms with E-state index >= 15 is 0 Å². The average Bonchev–Trinajstić information content (AvgIpc) is 3.61. The van der Waals surface area contributed by atoms with Crippen LogP contribution in [0.5, 0.6) is 5.75 Å². The van der Waals surface area contributed by atoms with Gasteiger partial charge in [0.25, 0.3) is 0 Å². The monoisotopic (exact) mass is 454 g/mol. The normalized spacial score (nSPS) is 16.1. The van der Waals surface area contributed by atoms with E-state index in [1.165, 1.54) is 0 Å². The lowest BCUT2D eigenvalue weighted by Gasteiger charge is -2.14. The highest BCUT2D eigenvalue weighted by Gasteiger charge is 2.22. The summed E-state index contributed by atoms with van der Waals surface area (Å²) in [5.41, 5.74) is 1.88. The smallest absolute Gasteiger partial charge is 0.236 e. The van der Waals surface area contributed by atoms with Crippen LogP contribution in [0.1, 0.15) is 18.5 Å². The van der Waals surface area contributed by atoms with Gasteiger partial charge in [-0.2, -0.15) is 0 Å². The first-order valence-corrected chi connectivity index (χ1v) is 12.0. The van der Waals surface area contributed by atoms with Gasteiger partial charge >= 0.3 is 0 Å². The summed E-state index contributed by atoms with van der Waals surface area (Å²) in [5, 5.41) is 11.8. The Morgan fingerprint density at radius 1 is 1.23 bits per heavy atom. The van der Waals surface area contributed by atoms with Crippen molar-refractivity contribution < 1.29 is 13.9 Å². The molecular weight excluding hydrogens is 432 g/mol. The Morgan fingerprint density at radius 2 is 2.13 bits per heavy atom. The number of aromatic nitrogens is 4. The molecule has 7 nitrogen and oxygen atoms in total. The molecule has 5 rings (SSSR count). The number of nitrogens with zero attached hydrogens (tertiary/aromatic N) is 4. The van der Waals surface area contributed by atoms with E-state index in [1.807, 2.05) is 41.8 Å². The minimum absolute atomic E-state index is 0.185. The highest BCUT2D eigenvalue weighted by atomic mass is 32.2. The molecule has 0 saturated carbocycles. The van der Waals surface area contributed by atoms with Crippen LogP contribution in [0, 0.1) is 0 Å². The van der Waals surface area contributed by atoms with Gasteiger partial charge in [-0.25, -0.2) is 4.98 Å².